The minimum absolute atomic E-state index is 0.110. The molecule has 0 saturated carbocycles. The number of nitrogens with one attached hydrogen (secondary N) is 1. The summed E-state index contributed by atoms with van der Waals surface area (Å²) < 4.78 is 39.5. The lowest BCUT2D eigenvalue weighted by Crippen LogP contribution is -2.14. The van der Waals surface area contributed by atoms with Crippen LogP contribution in [0.1, 0.15) is 15.9 Å². The summed E-state index contributed by atoms with van der Waals surface area (Å²) in [5.41, 5.74) is -0.741. The topological polar surface area (TPSA) is 72.7 Å². The summed E-state index contributed by atoms with van der Waals surface area (Å²) in [4.78, 5) is 20.1. The van der Waals surface area contributed by atoms with Crippen molar-refractivity contribution in [3.05, 3.63) is 66.2 Å². The van der Waals surface area contributed by atoms with E-state index in [2.05, 4.69) is 20.4 Å². The van der Waals surface area contributed by atoms with Crippen molar-refractivity contribution in [1.82, 2.24) is 19.7 Å². The van der Waals surface area contributed by atoms with Crippen LogP contribution in [0.5, 0.6) is 0 Å². The van der Waals surface area contributed by atoms with E-state index in [1.165, 1.54) is 29.2 Å². The van der Waals surface area contributed by atoms with E-state index in [0.29, 0.717) is 5.95 Å². The number of carbonyl (C=O) groups is 1. The first-order valence-electron chi connectivity index (χ1n) is 6.74. The van der Waals surface area contributed by atoms with Crippen LogP contribution in [0.25, 0.3) is 5.95 Å². The Morgan fingerprint density at radius 2 is 1.88 bits per heavy atom. The van der Waals surface area contributed by atoms with E-state index in [9.17, 15) is 18.0 Å². The van der Waals surface area contributed by atoms with Crippen molar-refractivity contribution < 1.29 is 18.0 Å². The van der Waals surface area contributed by atoms with Gasteiger partial charge in [-0.15, -0.1) is 0 Å². The Kier molecular flexibility index (Phi) is 3.98. The van der Waals surface area contributed by atoms with Crippen LogP contribution in [0.4, 0.5) is 18.9 Å². The van der Waals surface area contributed by atoms with Crippen molar-refractivity contribution in [1.29, 1.82) is 0 Å². The standard InChI is InChI=1S/C15H10F3N5O/c16-15(17,18)11-4-1-3-10(7-11)13(24)22-12-8-19-14(20-9-12)23-6-2-5-21-23/h1-9H,(H,22,24). The largest absolute Gasteiger partial charge is 0.416 e. The Balaban J connectivity index is 1.75. The van der Waals surface area contributed by atoms with Gasteiger partial charge in [0, 0.05) is 18.0 Å². The molecule has 1 N–H and O–H groups in total. The molecule has 0 atom stereocenters. The number of anilines is 1. The van der Waals surface area contributed by atoms with Crippen LogP contribution in [-0.2, 0) is 6.18 Å². The van der Waals surface area contributed by atoms with Crippen LogP contribution in [0.15, 0.2) is 55.1 Å². The molecule has 1 amide bonds. The number of hydrogen-bond donors (Lipinski definition) is 1. The van der Waals surface area contributed by atoms with Gasteiger partial charge in [0.1, 0.15) is 0 Å². The van der Waals surface area contributed by atoms with Crippen molar-refractivity contribution in [3.8, 4) is 5.95 Å². The summed E-state index contributed by atoms with van der Waals surface area (Å²) in [6, 6.07) is 5.86. The number of aromatic nitrogens is 4. The smallest absolute Gasteiger partial charge is 0.319 e. The van der Waals surface area contributed by atoms with Crippen molar-refractivity contribution in [2.75, 3.05) is 5.32 Å². The summed E-state index contributed by atoms with van der Waals surface area (Å²) in [6.07, 6.45) is 1.39. The molecular formula is C15H10F3N5O. The van der Waals surface area contributed by atoms with E-state index in [1.807, 2.05) is 0 Å². The van der Waals surface area contributed by atoms with E-state index >= 15 is 0 Å². The van der Waals surface area contributed by atoms with Gasteiger partial charge in [0.15, 0.2) is 0 Å². The van der Waals surface area contributed by atoms with E-state index in [4.69, 9.17) is 0 Å². The summed E-state index contributed by atoms with van der Waals surface area (Å²) in [6.45, 7) is 0. The molecule has 6 nitrogen and oxygen atoms in total. The first-order chi connectivity index (χ1) is 11.4. The predicted molar refractivity (Wildman–Crippen MR) is 78.6 cm³/mol. The summed E-state index contributed by atoms with van der Waals surface area (Å²) >= 11 is 0. The summed E-state index contributed by atoms with van der Waals surface area (Å²) in [7, 11) is 0. The molecule has 3 rings (SSSR count). The zero-order valence-corrected chi connectivity index (χ0v) is 12.0. The van der Waals surface area contributed by atoms with Crippen LogP contribution >= 0.6 is 0 Å². The number of nitrogens with zero attached hydrogens (tertiary/aromatic N) is 4. The Bertz CT molecular complexity index is 844. The minimum Gasteiger partial charge on any atom is -0.319 e. The number of hydrogen-bond acceptors (Lipinski definition) is 4. The maximum atomic E-state index is 12.7. The van der Waals surface area contributed by atoms with Gasteiger partial charge in [0.2, 0.25) is 0 Å². The highest BCUT2D eigenvalue weighted by Crippen LogP contribution is 2.29. The maximum Gasteiger partial charge on any atom is 0.416 e. The molecule has 0 radical (unpaired) electrons. The lowest BCUT2D eigenvalue weighted by atomic mass is 10.1. The SMILES string of the molecule is O=C(Nc1cnc(-n2cccn2)nc1)c1cccc(C(F)(F)F)c1. The van der Waals surface area contributed by atoms with Crippen molar-refractivity contribution in [2.24, 2.45) is 0 Å². The van der Waals surface area contributed by atoms with Gasteiger partial charge in [-0.2, -0.15) is 18.3 Å². The first-order valence-corrected chi connectivity index (χ1v) is 6.74. The third-order valence-electron chi connectivity index (χ3n) is 3.06. The molecule has 1 aromatic carbocycles. The monoisotopic (exact) mass is 333 g/mol. The molecule has 122 valence electrons. The van der Waals surface area contributed by atoms with Gasteiger partial charge < -0.3 is 5.32 Å². The third kappa shape index (κ3) is 3.40. The van der Waals surface area contributed by atoms with Gasteiger partial charge in [-0.25, -0.2) is 14.6 Å². The maximum absolute atomic E-state index is 12.7. The molecule has 9 heteroatoms. The third-order valence-corrected chi connectivity index (χ3v) is 3.06. The molecule has 0 saturated heterocycles. The molecule has 3 aromatic rings. The van der Waals surface area contributed by atoms with Crippen LogP contribution in [0, 0.1) is 0 Å². The van der Waals surface area contributed by atoms with Gasteiger partial charge in [-0.1, -0.05) is 6.07 Å². The van der Waals surface area contributed by atoms with Crippen molar-refractivity contribution in [2.45, 2.75) is 6.18 Å². The van der Waals surface area contributed by atoms with E-state index < -0.39 is 17.6 Å². The van der Waals surface area contributed by atoms with Crippen LogP contribution in [0.3, 0.4) is 0 Å². The normalized spacial score (nSPS) is 11.3. The fourth-order valence-corrected chi connectivity index (χ4v) is 1.93. The molecule has 0 unspecified atom stereocenters. The van der Waals surface area contributed by atoms with E-state index in [1.54, 1.807) is 18.5 Å². The van der Waals surface area contributed by atoms with E-state index in [-0.39, 0.29) is 11.3 Å². The lowest BCUT2D eigenvalue weighted by Gasteiger charge is -2.09. The average molecular weight is 333 g/mol. The van der Waals surface area contributed by atoms with Crippen LogP contribution < -0.4 is 5.32 Å². The van der Waals surface area contributed by atoms with Gasteiger partial charge in [0.25, 0.3) is 11.9 Å². The van der Waals surface area contributed by atoms with Gasteiger partial charge in [-0.05, 0) is 24.3 Å². The highest BCUT2D eigenvalue weighted by atomic mass is 19.4. The minimum atomic E-state index is -4.51. The van der Waals surface area contributed by atoms with Gasteiger partial charge in [0.05, 0.1) is 23.6 Å². The molecule has 2 aromatic heterocycles. The first kappa shape index (κ1) is 15.7. The zero-order chi connectivity index (χ0) is 17.2. The Labute approximate surface area is 134 Å². The molecular weight excluding hydrogens is 323 g/mol. The number of carbonyl (C=O) groups excluding carboxylic acids is 1. The van der Waals surface area contributed by atoms with Crippen molar-refractivity contribution in [3.63, 3.8) is 0 Å². The summed E-state index contributed by atoms with van der Waals surface area (Å²) in [5, 5.41) is 6.40. The fourth-order valence-electron chi connectivity index (χ4n) is 1.93. The predicted octanol–water partition coefficient (Wildman–Crippen LogP) is 2.93. The number of benzene rings is 1. The second-order valence-corrected chi connectivity index (χ2v) is 4.76. The molecule has 0 aliphatic carbocycles. The number of halogens is 3. The van der Waals surface area contributed by atoms with Crippen LogP contribution in [-0.4, -0.2) is 25.7 Å². The second-order valence-electron chi connectivity index (χ2n) is 4.76. The molecule has 0 spiro atoms. The Morgan fingerprint density at radius 1 is 1.12 bits per heavy atom. The van der Waals surface area contributed by atoms with Gasteiger partial charge >= 0.3 is 6.18 Å². The molecule has 0 fully saturated rings. The lowest BCUT2D eigenvalue weighted by molar-refractivity contribution is -0.137. The molecule has 2 heterocycles. The number of rotatable bonds is 3. The molecule has 0 bridgehead atoms. The molecule has 0 aliphatic heterocycles. The highest BCUT2D eigenvalue weighted by Gasteiger charge is 2.30. The molecule has 0 aliphatic rings. The van der Waals surface area contributed by atoms with E-state index in [0.717, 1.165) is 12.1 Å². The quantitative estimate of drug-likeness (QED) is 0.800. The summed E-state index contributed by atoms with van der Waals surface area (Å²) in [5.74, 6) is -0.381. The average Bonchev–Trinajstić information content (AvgIpc) is 3.09. The van der Waals surface area contributed by atoms with Gasteiger partial charge in [-0.3, -0.25) is 4.79 Å². The van der Waals surface area contributed by atoms with Crippen molar-refractivity contribution >= 4 is 11.6 Å². The fraction of sp³-hybridized carbons (Fsp3) is 0.0667. The highest BCUT2D eigenvalue weighted by molar-refractivity contribution is 6.04. The number of amides is 1. The number of alkyl halides is 3. The Morgan fingerprint density at radius 3 is 2.50 bits per heavy atom. The second kappa shape index (κ2) is 6.11. The Hall–Kier alpha value is -3.23. The zero-order valence-electron chi connectivity index (χ0n) is 12.0. The molecule has 24 heavy (non-hydrogen) atoms. The van der Waals surface area contributed by atoms with Crippen LogP contribution in [0.2, 0.25) is 0 Å².